The minimum Gasteiger partial charge on any atom is -0.463 e. The Labute approximate surface area is 127 Å². The molecule has 0 aromatic carbocycles. The normalized spacial score (nSPS) is 16.4. The molecule has 6 heteroatoms. The van der Waals surface area contributed by atoms with Crippen molar-refractivity contribution in [3.8, 4) is 11.5 Å². The van der Waals surface area contributed by atoms with Crippen molar-refractivity contribution in [1.82, 2.24) is 19.5 Å². The van der Waals surface area contributed by atoms with E-state index in [1.165, 1.54) is 4.52 Å². The first-order valence-corrected chi connectivity index (χ1v) is 7.58. The third-order valence-corrected chi connectivity index (χ3v) is 4.43. The first kappa shape index (κ1) is 13.3. The Kier molecular flexibility index (Phi) is 3.11. The van der Waals surface area contributed by atoms with E-state index in [0.717, 1.165) is 37.3 Å². The Hall–Kier alpha value is -2.34. The van der Waals surface area contributed by atoms with Crippen LogP contribution in [0, 0.1) is 0 Å². The number of aryl methyl sites for hydroxylation is 1. The molecule has 1 aliphatic rings. The molecule has 1 N–H and O–H groups in total. The number of hydrogen-bond donors (Lipinski definition) is 1. The molecular formula is C16H18N4O2. The quantitative estimate of drug-likeness (QED) is 0.783. The Morgan fingerprint density at radius 1 is 1.32 bits per heavy atom. The van der Waals surface area contributed by atoms with Gasteiger partial charge >= 0.3 is 0 Å². The van der Waals surface area contributed by atoms with Crippen molar-refractivity contribution in [2.45, 2.75) is 18.8 Å². The maximum Gasteiger partial charge on any atom is 0.274 e. The fraction of sp³-hybridized carbons (Fsp3) is 0.375. The van der Waals surface area contributed by atoms with Crippen LogP contribution >= 0.6 is 0 Å². The fourth-order valence-corrected chi connectivity index (χ4v) is 3.24. The Balaban J connectivity index is 1.87. The minimum atomic E-state index is -0.0839. The highest BCUT2D eigenvalue weighted by atomic mass is 16.3. The van der Waals surface area contributed by atoms with Crippen LogP contribution in [0.15, 0.2) is 39.7 Å². The van der Waals surface area contributed by atoms with E-state index in [1.54, 1.807) is 12.3 Å². The lowest BCUT2D eigenvalue weighted by molar-refractivity contribution is 0.443. The summed E-state index contributed by atoms with van der Waals surface area (Å²) >= 11 is 0. The molecule has 0 bridgehead atoms. The van der Waals surface area contributed by atoms with Gasteiger partial charge in [-0.2, -0.15) is 9.61 Å². The van der Waals surface area contributed by atoms with E-state index in [-0.39, 0.29) is 5.56 Å². The molecule has 22 heavy (non-hydrogen) atoms. The second kappa shape index (κ2) is 5.14. The summed E-state index contributed by atoms with van der Waals surface area (Å²) in [5, 5.41) is 7.74. The predicted octanol–water partition coefficient (Wildman–Crippen LogP) is 1.76. The summed E-state index contributed by atoms with van der Waals surface area (Å²) in [6.45, 7) is 2.00. The highest BCUT2D eigenvalue weighted by Gasteiger charge is 2.20. The van der Waals surface area contributed by atoms with Crippen LogP contribution in [0.4, 0.5) is 0 Å². The minimum absolute atomic E-state index is 0.0839. The van der Waals surface area contributed by atoms with Gasteiger partial charge in [0.05, 0.1) is 6.26 Å². The van der Waals surface area contributed by atoms with Gasteiger partial charge in [-0.1, -0.05) is 0 Å². The molecule has 1 aliphatic heterocycles. The number of nitrogens with one attached hydrogen (secondary N) is 1. The Morgan fingerprint density at radius 3 is 2.86 bits per heavy atom. The van der Waals surface area contributed by atoms with Crippen LogP contribution in [-0.2, 0) is 7.05 Å². The van der Waals surface area contributed by atoms with E-state index in [4.69, 9.17) is 4.42 Å². The lowest BCUT2D eigenvalue weighted by atomic mass is 9.94. The summed E-state index contributed by atoms with van der Waals surface area (Å²) in [6.07, 6.45) is 3.73. The van der Waals surface area contributed by atoms with E-state index in [0.29, 0.717) is 17.4 Å². The predicted molar refractivity (Wildman–Crippen MR) is 83.0 cm³/mol. The summed E-state index contributed by atoms with van der Waals surface area (Å²) < 4.78 is 8.91. The van der Waals surface area contributed by atoms with Crippen molar-refractivity contribution in [1.29, 1.82) is 0 Å². The number of aromatic nitrogens is 3. The monoisotopic (exact) mass is 298 g/mol. The van der Waals surface area contributed by atoms with Crippen LogP contribution in [0.5, 0.6) is 0 Å². The number of furan rings is 1. The van der Waals surface area contributed by atoms with E-state index in [1.807, 2.05) is 25.2 Å². The van der Waals surface area contributed by atoms with Crippen molar-refractivity contribution in [3.63, 3.8) is 0 Å². The molecule has 0 radical (unpaired) electrons. The summed E-state index contributed by atoms with van der Waals surface area (Å²) in [6, 6.07) is 7.30. The van der Waals surface area contributed by atoms with E-state index >= 15 is 0 Å². The molecule has 0 amide bonds. The van der Waals surface area contributed by atoms with Crippen LogP contribution in [-0.4, -0.2) is 27.3 Å². The number of fused-ring (bicyclic) bond motifs is 1. The largest absolute Gasteiger partial charge is 0.463 e. The van der Waals surface area contributed by atoms with E-state index < -0.39 is 0 Å². The molecule has 0 unspecified atom stereocenters. The first-order chi connectivity index (χ1) is 10.7. The van der Waals surface area contributed by atoms with Crippen molar-refractivity contribution >= 4 is 5.65 Å². The van der Waals surface area contributed by atoms with Crippen LogP contribution in [0.1, 0.15) is 24.5 Å². The molecule has 6 nitrogen and oxygen atoms in total. The molecule has 1 saturated heterocycles. The smallest absolute Gasteiger partial charge is 0.274 e. The number of hydrogen-bond acceptors (Lipinski definition) is 4. The second-order valence-corrected chi connectivity index (χ2v) is 5.77. The van der Waals surface area contributed by atoms with Crippen LogP contribution in [0.2, 0.25) is 0 Å². The van der Waals surface area contributed by atoms with Crippen molar-refractivity contribution in [2.24, 2.45) is 7.05 Å². The van der Waals surface area contributed by atoms with Gasteiger partial charge in [-0.3, -0.25) is 4.79 Å². The SMILES string of the molecule is Cn1c(C2CCNCC2)cc(=O)n2nc(-c3ccco3)cc12. The maximum atomic E-state index is 12.4. The summed E-state index contributed by atoms with van der Waals surface area (Å²) in [5.74, 6) is 1.09. The highest BCUT2D eigenvalue weighted by Crippen LogP contribution is 2.26. The highest BCUT2D eigenvalue weighted by molar-refractivity contribution is 5.59. The molecule has 114 valence electrons. The molecule has 0 saturated carbocycles. The Morgan fingerprint density at radius 2 is 2.14 bits per heavy atom. The molecule has 4 rings (SSSR count). The lowest BCUT2D eigenvalue weighted by Crippen LogP contribution is -2.29. The van der Waals surface area contributed by atoms with E-state index in [2.05, 4.69) is 15.0 Å². The summed E-state index contributed by atoms with van der Waals surface area (Å²) in [4.78, 5) is 12.4. The van der Waals surface area contributed by atoms with E-state index in [9.17, 15) is 4.79 Å². The molecule has 4 heterocycles. The standard InChI is InChI=1S/C16H18N4O2/c1-19-13(11-4-6-17-7-5-11)10-16(21)20-15(19)9-12(18-20)14-3-2-8-22-14/h2-3,8-11,17H,4-7H2,1H3. The van der Waals surface area contributed by atoms with Crippen molar-refractivity contribution < 1.29 is 4.42 Å². The fourth-order valence-electron chi connectivity index (χ4n) is 3.24. The second-order valence-electron chi connectivity index (χ2n) is 5.77. The summed E-state index contributed by atoms with van der Waals surface area (Å²) in [7, 11) is 2.00. The third-order valence-electron chi connectivity index (χ3n) is 4.43. The maximum absolute atomic E-state index is 12.4. The van der Waals surface area contributed by atoms with Gasteiger partial charge in [0.2, 0.25) is 0 Å². The third kappa shape index (κ3) is 2.07. The Bertz CT molecular complexity index is 854. The zero-order valence-electron chi connectivity index (χ0n) is 12.5. The molecule has 1 fully saturated rings. The van der Waals surface area contributed by atoms with Crippen molar-refractivity contribution in [2.75, 3.05) is 13.1 Å². The number of piperidine rings is 1. The van der Waals surface area contributed by atoms with Gasteiger partial charge in [0.1, 0.15) is 11.3 Å². The summed E-state index contributed by atoms with van der Waals surface area (Å²) in [5.41, 5.74) is 2.48. The zero-order chi connectivity index (χ0) is 15.1. The molecular weight excluding hydrogens is 280 g/mol. The molecule has 3 aromatic heterocycles. The van der Waals surface area contributed by atoms with Gasteiger partial charge in [0, 0.05) is 30.8 Å². The van der Waals surface area contributed by atoms with Crippen LogP contribution < -0.4 is 10.9 Å². The molecule has 0 atom stereocenters. The van der Waals surface area contributed by atoms with Gasteiger partial charge in [-0.25, -0.2) is 0 Å². The van der Waals surface area contributed by atoms with Crippen LogP contribution in [0.3, 0.4) is 0 Å². The number of rotatable bonds is 2. The van der Waals surface area contributed by atoms with Crippen LogP contribution in [0.25, 0.3) is 17.1 Å². The topological polar surface area (TPSA) is 64.5 Å². The van der Waals surface area contributed by atoms with Gasteiger partial charge in [-0.15, -0.1) is 0 Å². The van der Waals surface area contributed by atoms with Gasteiger partial charge in [0.25, 0.3) is 5.56 Å². The molecule has 0 spiro atoms. The average molecular weight is 298 g/mol. The average Bonchev–Trinajstić information content (AvgIpc) is 3.20. The zero-order valence-corrected chi connectivity index (χ0v) is 12.5. The van der Waals surface area contributed by atoms with Gasteiger partial charge < -0.3 is 14.3 Å². The number of nitrogens with zero attached hydrogens (tertiary/aromatic N) is 3. The molecule has 3 aromatic rings. The lowest BCUT2D eigenvalue weighted by Gasteiger charge is -2.25. The first-order valence-electron chi connectivity index (χ1n) is 7.58. The molecule has 0 aliphatic carbocycles. The van der Waals surface area contributed by atoms with Gasteiger partial charge in [-0.05, 0) is 38.1 Å². The van der Waals surface area contributed by atoms with Gasteiger partial charge in [0.15, 0.2) is 5.76 Å². The van der Waals surface area contributed by atoms with Crippen molar-refractivity contribution in [3.05, 3.63) is 46.6 Å².